The van der Waals surface area contributed by atoms with E-state index in [-0.39, 0.29) is 13.2 Å². The SMILES string of the molecule is C=CCOCC(COC(=O)C=C)OC(=O)C=C. The van der Waals surface area contributed by atoms with Crippen LogP contribution in [0.15, 0.2) is 38.0 Å². The second kappa shape index (κ2) is 9.35. The molecular formula is C12H16O5. The van der Waals surface area contributed by atoms with E-state index in [1.807, 2.05) is 0 Å². The molecule has 0 aromatic rings. The summed E-state index contributed by atoms with van der Waals surface area (Å²) in [6.07, 6.45) is 2.93. The van der Waals surface area contributed by atoms with Crippen molar-refractivity contribution in [2.24, 2.45) is 0 Å². The molecule has 0 saturated carbocycles. The van der Waals surface area contributed by atoms with E-state index in [2.05, 4.69) is 19.7 Å². The van der Waals surface area contributed by atoms with Crippen LogP contribution >= 0.6 is 0 Å². The minimum atomic E-state index is -0.677. The van der Waals surface area contributed by atoms with Crippen LogP contribution in [0.25, 0.3) is 0 Å². The summed E-state index contributed by atoms with van der Waals surface area (Å²) in [4.78, 5) is 21.8. The number of ether oxygens (including phenoxy) is 3. The number of hydrogen-bond donors (Lipinski definition) is 0. The third kappa shape index (κ3) is 7.98. The Kier molecular flexibility index (Phi) is 8.32. The van der Waals surface area contributed by atoms with E-state index in [4.69, 9.17) is 14.2 Å². The minimum absolute atomic E-state index is 0.0957. The van der Waals surface area contributed by atoms with Gasteiger partial charge < -0.3 is 14.2 Å². The molecule has 0 spiro atoms. The van der Waals surface area contributed by atoms with Crippen molar-refractivity contribution in [3.8, 4) is 0 Å². The molecule has 0 aromatic carbocycles. The van der Waals surface area contributed by atoms with Gasteiger partial charge in [-0.1, -0.05) is 19.2 Å². The number of rotatable bonds is 9. The molecule has 0 N–H and O–H groups in total. The van der Waals surface area contributed by atoms with E-state index in [1.165, 1.54) is 0 Å². The highest BCUT2D eigenvalue weighted by Gasteiger charge is 2.14. The topological polar surface area (TPSA) is 61.8 Å². The van der Waals surface area contributed by atoms with Crippen LogP contribution in [0, 0.1) is 0 Å². The van der Waals surface area contributed by atoms with Crippen molar-refractivity contribution in [3.05, 3.63) is 38.0 Å². The van der Waals surface area contributed by atoms with E-state index in [1.54, 1.807) is 6.08 Å². The third-order valence-corrected chi connectivity index (χ3v) is 1.57. The van der Waals surface area contributed by atoms with Crippen LogP contribution in [0.3, 0.4) is 0 Å². The molecule has 0 aromatic heterocycles. The van der Waals surface area contributed by atoms with Crippen LogP contribution in [0.4, 0.5) is 0 Å². The largest absolute Gasteiger partial charge is 0.458 e. The van der Waals surface area contributed by atoms with Gasteiger partial charge in [0.15, 0.2) is 6.10 Å². The van der Waals surface area contributed by atoms with Gasteiger partial charge in [0.1, 0.15) is 6.61 Å². The van der Waals surface area contributed by atoms with Gasteiger partial charge in [-0.05, 0) is 0 Å². The Bertz CT molecular complexity index is 295. The van der Waals surface area contributed by atoms with Crippen molar-refractivity contribution in [1.29, 1.82) is 0 Å². The molecule has 0 saturated heterocycles. The lowest BCUT2D eigenvalue weighted by atomic mass is 10.4. The smallest absolute Gasteiger partial charge is 0.330 e. The molecule has 0 aliphatic rings. The number of carbonyl (C=O) groups excluding carboxylic acids is 2. The van der Waals surface area contributed by atoms with Gasteiger partial charge in [0.25, 0.3) is 0 Å². The average molecular weight is 240 g/mol. The van der Waals surface area contributed by atoms with Gasteiger partial charge in [-0.15, -0.1) is 6.58 Å². The van der Waals surface area contributed by atoms with Gasteiger partial charge in [0, 0.05) is 12.2 Å². The minimum Gasteiger partial charge on any atom is -0.458 e. The fourth-order valence-corrected chi connectivity index (χ4v) is 0.845. The van der Waals surface area contributed by atoms with Gasteiger partial charge in [0.2, 0.25) is 0 Å². The molecule has 0 bridgehead atoms. The Morgan fingerprint density at radius 3 is 2.24 bits per heavy atom. The molecular weight excluding hydrogens is 224 g/mol. The quantitative estimate of drug-likeness (QED) is 0.260. The normalized spacial score (nSPS) is 11.1. The van der Waals surface area contributed by atoms with E-state index in [9.17, 15) is 9.59 Å². The molecule has 0 fully saturated rings. The zero-order valence-electron chi connectivity index (χ0n) is 9.59. The molecule has 0 rings (SSSR count). The first-order chi connectivity index (χ1) is 8.13. The zero-order valence-corrected chi connectivity index (χ0v) is 9.59. The summed E-state index contributed by atoms with van der Waals surface area (Å²) in [5, 5.41) is 0. The lowest BCUT2D eigenvalue weighted by molar-refractivity contribution is -0.156. The van der Waals surface area contributed by atoms with E-state index in [0.29, 0.717) is 6.61 Å². The first-order valence-electron chi connectivity index (χ1n) is 4.95. The predicted molar refractivity (Wildman–Crippen MR) is 62.2 cm³/mol. The first-order valence-corrected chi connectivity index (χ1v) is 4.95. The van der Waals surface area contributed by atoms with Crippen molar-refractivity contribution < 1.29 is 23.8 Å². The number of hydrogen-bond acceptors (Lipinski definition) is 5. The highest BCUT2D eigenvalue weighted by Crippen LogP contribution is 1.98. The fraction of sp³-hybridized carbons (Fsp3) is 0.333. The van der Waals surface area contributed by atoms with Gasteiger partial charge in [-0.25, -0.2) is 9.59 Å². The van der Waals surface area contributed by atoms with Gasteiger partial charge in [-0.2, -0.15) is 0 Å². The zero-order chi connectivity index (χ0) is 13.1. The molecule has 5 heteroatoms. The van der Waals surface area contributed by atoms with Crippen LogP contribution in [0.5, 0.6) is 0 Å². The summed E-state index contributed by atoms with van der Waals surface area (Å²) in [7, 11) is 0. The number of esters is 2. The highest BCUT2D eigenvalue weighted by molar-refractivity contribution is 5.82. The molecule has 1 atom stereocenters. The predicted octanol–water partition coefficient (Wildman–Crippen LogP) is 1.02. The Labute approximate surface area is 100 Å². The second-order valence-electron chi connectivity index (χ2n) is 2.92. The summed E-state index contributed by atoms with van der Waals surface area (Å²) in [6, 6.07) is 0. The van der Waals surface area contributed by atoms with Gasteiger partial charge in [-0.3, -0.25) is 0 Å². The van der Waals surface area contributed by atoms with Crippen LogP contribution < -0.4 is 0 Å². The van der Waals surface area contributed by atoms with E-state index >= 15 is 0 Å². The molecule has 0 heterocycles. The maximum atomic E-state index is 11.0. The maximum Gasteiger partial charge on any atom is 0.330 e. The van der Waals surface area contributed by atoms with Crippen molar-refractivity contribution in [1.82, 2.24) is 0 Å². The Morgan fingerprint density at radius 1 is 1.06 bits per heavy atom. The summed E-state index contributed by atoms with van der Waals surface area (Å²) < 4.78 is 14.8. The van der Waals surface area contributed by atoms with Crippen molar-refractivity contribution >= 4 is 11.9 Å². The van der Waals surface area contributed by atoms with Crippen molar-refractivity contribution in [3.63, 3.8) is 0 Å². The molecule has 0 amide bonds. The molecule has 1 unspecified atom stereocenters. The molecule has 94 valence electrons. The molecule has 0 aliphatic heterocycles. The monoisotopic (exact) mass is 240 g/mol. The average Bonchev–Trinajstić information content (AvgIpc) is 2.35. The Morgan fingerprint density at radius 2 is 1.71 bits per heavy atom. The van der Waals surface area contributed by atoms with Gasteiger partial charge >= 0.3 is 11.9 Å². The lowest BCUT2D eigenvalue weighted by Crippen LogP contribution is -2.29. The summed E-state index contributed by atoms with van der Waals surface area (Å²) in [5.41, 5.74) is 0. The van der Waals surface area contributed by atoms with Crippen LogP contribution in [-0.2, 0) is 23.8 Å². The van der Waals surface area contributed by atoms with Crippen LogP contribution in [0.1, 0.15) is 0 Å². The van der Waals surface area contributed by atoms with Crippen molar-refractivity contribution in [2.45, 2.75) is 6.10 Å². The molecule has 17 heavy (non-hydrogen) atoms. The lowest BCUT2D eigenvalue weighted by Gasteiger charge is -2.16. The molecule has 0 aliphatic carbocycles. The summed E-state index contributed by atoms with van der Waals surface area (Å²) in [5.74, 6) is -1.19. The van der Waals surface area contributed by atoms with Crippen LogP contribution in [-0.4, -0.2) is 37.9 Å². The maximum absolute atomic E-state index is 11.0. The van der Waals surface area contributed by atoms with Gasteiger partial charge in [0.05, 0.1) is 13.2 Å². The number of carbonyl (C=O) groups is 2. The van der Waals surface area contributed by atoms with Crippen molar-refractivity contribution in [2.75, 3.05) is 19.8 Å². The third-order valence-electron chi connectivity index (χ3n) is 1.57. The summed E-state index contributed by atoms with van der Waals surface area (Å²) >= 11 is 0. The van der Waals surface area contributed by atoms with E-state index in [0.717, 1.165) is 12.2 Å². The Balaban J connectivity index is 4.12. The Hall–Kier alpha value is -1.88. The highest BCUT2D eigenvalue weighted by atomic mass is 16.6. The van der Waals surface area contributed by atoms with Crippen LogP contribution in [0.2, 0.25) is 0 Å². The molecule has 5 nitrogen and oxygen atoms in total. The standard InChI is InChI=1S/C12H16O5/c1-4-7-15-8-10(17-12(14)6-3)9-16-11(13)5-2/h4-6,10H,1-3,7-9H2. The first kappa shape index (κ1) is 15.1. The molecule has 0 radical (unpaired) electrons. The van der Waals surface area contributed by atoms with E-state index < -0.39 is 18.0 Å². The second-order valence-corrected chi connectivity index (χ2v) is 2.92. The fourth-order valence-electron chi connectivity index (χ4n) is 0.845. The summed E-state index contributed by atoms with van der Waals surface area (Å²) in [6.45, 7) is 10.3.